The summed E-state index contributed by atoms with van der Waals surface area (Å²) in [6.45, 7) is 7.27. The van der Waals surface area contributed by atoms with E-state index in [9.17, 15) is 14.4 Å². The first-order valence-electron chi connectivity index (χ1n) is 13.9. The summed E-state index contributed by atoms with van der Waals surface area (Å²) in [5.74, 6) is -1.64. The summed E-state index contributed by atoms with van der Waals surface area (Å²) in [5, 5.41) is 31.9. The third-order valence-electron chi connectivity index (χ3n) is 5.84. The van der Waals surface area contributed by atoms with Gasteiger partial charge < -0.3 is 30.7 Å². The Hall–Kier alpha value is -4.83. The number of carboxylic acids is 2. The highest BCUT2D eigenvalue weighted by Gasteiger charge is 2.15. The lowest BCUT2D eigenvalue weighted by Crippen LogP contribution is -2.15. The number of hydrogen-bond donors (Lipinski definition) is 6. The van der Waals surface area contributed by atoms with Crippen molar-refractivity contribution in [1.82, 2.24) is 20.4 Å². The van der Waals surface area contributed by atoms with Crippen molar-refractivity contribution in [2.45, 2.75) is 39.5 Å². The fourth-order valence-corrected chi connectivity index (χ4v) is 4.73. The Balaban J connectivity index is 0.000000303. The maximum Gasteiger partial charge on any atom is 0.368 e. The van der Waals surface area contributed by atoms with Gasteiger partial charge in [0.15, 0.2) is 11.5 Å². The zero-order chi connectivity index (χ0) is 37.0. The van der Waals surface area contributed by atoms with Crippen LogP contribution in [0, 0.1) is 0 Å². The summed E-state index contributed by atoms with van der Waals surface area (Å²) in [5.41, 5.74) is 7.04. The van der Waals surface area contributed by atoms with Crippen LogP contribution in [-0.2, 0) is 14.4 Å². The predicted molar refractivity (Wildman–Crippen MR) is 185 cm³/mol. The van der Waals surface area contributed by atoms with Gasteiger partial charge in [-0.3, -0.25) is 19.2 Å². The molecule has 4 rings (SSSR count). The van der Waals surface area contributed by atoms with Crippen LogP contribution in [0.5, 0.6) is 23.3 Å². The van der Waals surface area contributed by atoms with Crippen molar-refractivity contribution in [1.29, 1.82) is 0 Å². The summed E-state index contributed by atoms with van der Waals surface area (Å²) in [4.78, 5) is 51.8. The summed E-state index contributed by atoms with van der Waals surface area (Å²) >= 11 is 24.3. The van der Waals surface area contributed by atoms with Crippen molar-refractivity contribution in [2.75, 3.05) is 17.6 Å². The first-order chi connectivity index (χ1) is 22.9. The number of carbonyl (C=O) groups excluding carboxylic acids is 1. The highest BCUT2D eigenvalue weighted by atomic mass is 35.5. The van der Waals surface area contributed by atoms with Gasteiger partial charge in [-0.15, -0.1) is 10.2 Å². The second-order valence-corrected chi connectivity index (χ2v) is 11.9. The molecule has 0 spiro atoms. The van der Waals surface area contributed by atoms with Crippen LogP contribution in [0.2, 0.25) is 20.1 Å². The van der Waals surface area contributed by atoms with Crippen LogP contribution in [0.3, 0.4) is 0 Å². The van der Waals surface area contributed by atoms with E-state index in [2.05, 4.69) is 25.7 Å². The van der Waals surface area contributed by atoms with E-state index in [0.29, 0.717) is 22.5 Å². The number of nitrogen functional groups attached to an aromatic ring is 1. The van der Waals surface area contributed by atoms with Crippen LogP contribution in [0.1, 0.15) is 50.7 Å². The number of aliphatic carboxylic acids is 2. The standard InChI is InChI=1S/C15H15Cl2N3O4.C13H13Cl2N3O2.C2H2O3/c1-7(2)9-5-12(19-20-15(9)23)24-14-10(16)3-8(4-11(14)17)18-6-13(21)22;1-6(2)8-5-11(17-18-13(8)19)20-12-9(14)3-7(16)4-10(12)15;3-1-2(4)5/h3-5,7,18H,6H2,1-2H3,(H,20,23)(H,21,22);3-6H,16H2,1-2H3,(H,18,19);1H,(H,4,5). The summed E-state index contributed by atoms with van der Waals surface area (Å²) in [7, 11) is 0. The zero-order valence-electron chi connectivity index (χ0n) is 26.1. The molecule has 0 amide bonds. The molecule has 7 N–H and O–H groups in total. The molecule has 49 heavy (non-hydrogen) atoms. The molecule has 0 saturated carbocycles. The van der Waals surface area contributed by atoms with Gasteiger partial charge in [0.05, 0.1) is 20.1 Å². The number of nitrogens with two attached hydrogens (primary N) is 1. The first-order valence-corrected chi connectivity index (χ1v) is 15.4. The molecule has 2 aromatic heterocycles. The van der Waals surface area contributed by atoms with E-state index in [1.165, 1.54) is 30.3 Å². The molecule has 19 heteroatoms. The Morgan fingerprint density at radius 1 is 0.796 bits per heavy atom. The molecule has 4 aromatic rings. The van der Waals surface area contributed by atoms with Crippen LogP contribution in [0.4, 0.5) is 11.4 Å². The number of aldehydes is 1. The van der Waals surface area contributed by atoms with Gasteiger partial charge in [-0.1, -0.05) is 74.1 Å². The topological polar surface area (TPSA) is 240 Å². The van der Waals surface area contributed by atoms with Crippen molar-refractivity contribution in [3.8, 4) is 23.3 Å². The van der Waals surface area contributed by atoms with E-state index in [4.69, 9.17) is 81.4 Å². The molecule has 262 valence electrons. The maximum absolute atomic E-state index is 11.7. The van der Waals surface area contributed by atoms with Gasteiger partial charge in [-0.2, -0.15) is 0 Å². The largest absolute Gasteiger partial charge is 0.480 e. The van der Waals surface area contributed by atoms with Crippen molar-refractivity contribution in [3.05, 3.63) is 88.3 Å². The van der Waals surface area contributed by atoms with E-state index in [1.54, 1.807) is 6.07 Å². The third kappa shape index (κ3) is 12.6. The minimum absolute atomic E-state index is 0.00682. The fraction of sp³-hybridized carbons (Fsp3) is 0.233. The number of aromatic amines is 2. The number of carbonyl (C=O) groups is 3. The first kappa shape index (κ1) is 40.3. The number of nitrogens with zero attached hydrogens (tertiary/aromatic N) is 2. The SMILES string of the molecule is CC(C)c1cc(Oc2c(Cl)cc(N)cc2Cl)n[nH]c1=O.CC(C)c1cc(Oc2c(Cl)cc(NCC(=O)O)cc2Cl)n[nH]c1=O.O=CC(=O)O. The molecule has 2 heterocycles. The molecule has 0 atom stereocenters. The number of ether oxygens (including phenoxy) is 2. The number of hydrogen-bond acceptors (Lipinski definition) is 11. The molecular weight excluding hydrogens is 730 g/mol. The molecule has 0 aliphatic heterocycles. The zero-order valence-corrected chi connectivity index (χ0v) is 29.2. The van der Waals surface area contributed by atoms with Gasteiger partial charge in [-0.05, 0) is 36.1 Å². The Morgan fingerprint density at radius 3 is 1.49 bits per heavy atom. The average molecular weight is 760 g/mol. The van der Waals surface area contributed by atoms with Crippen LogP contribution in [0.25, 0.3) is 0 Å². The number of carboxylic acid groups (broad SMARTS) is 2. The van der Waals surface area contributed by atoms with E-state index < -0.39 is 11.9 Å². The van der Waals surface area contributed by atoms with Crippen LogP contribution >= 0.6 is 46.4 Å². The Bertz CT molecular complexity index is 1890. The van der Waals surface area contributed by atoms with Gasteiger partial charge in [0.25, 0.3) is 11.1 Å². The Labute approximate surface area is 298 Å². The number of H-pyrrole nitrogens is 2. The Morgan fingerprint density at radius 2 is 1.16 bits per heavy atom. The van der Waals surface area contributed by atoms with Crippen molar-refractivity contribution in [2.24, 2.45) is 0 Å². The lowest BCUT2D eigenvalue weighted by molar-refractivity contribution is -0.143. The minimum Gasteiger partial charge on any atom is -0.480 e. The second kappa shape index (κ2) is 18.6. The fourth-order valence-electron chi connectivity index (χ4n) is 3.59. The minimum atomic E-state index is -1.43. The van der Waals surface area contributed by atoms with Gasteiger partial charge in [-0.25, -0.2) is 15.0 Å². The lowest BCUT2D eigenvalue weighted by atomic mass is 10.1. The number of rotatable bonds is 10. The summed E-state index contributed by atoms with van der Waals surface area (Å²) in [6, 6.07) is 9.11. The molecular formula is C30H30Cl4N6O9. The van der Waals surface area contributed by atoms with Crippen molar-refractivity contribution < 1.29 is 34.1 Å². The normalized spacial score (nSPS) is 10.3. The van der Waals surface area contributed by atoms with Gasteiger partial charge >= 0.3 is 11.9 Å². The molecule has 0 aliphatic rings. The van der Waals surface area contributed by atoms with Gasteiger partial charge in [0, 0.05) is 34.6 Å². The van der Waals surface area contributed by atoms with Gasteiger partial charge in [0.1, 0.15) is 6.54 Å². The quantitative estimate of drug-likeness (QED) is 0.0589. The highest BCUT2D eigenvalue weighted by molar-refractivity contribution is 6.38. The van der Waals surface area contributed by atoms with Crippen LogP contribution in [0.15, 0.2) is 46.0 Å². The number of nitrogens with one attached hydrogen (secondary N) is 3. The predicted octanol–water partition coefficient (Wildman–Crippen LogP) is 6.33. The molecule has 0 unspecified atom stereocenters. The number of halogens is 4. The van der Waals surface area contributed by atoms with Crippen molar-refractivity contribution in [3.63, 3.8) is 0 Å². The van der Waals surface area contributed by atoms with E-state index >= 15 is 0 Å². The molecule has 2 aromatic carbocycles. The second-order valence-electron chi connectivity index (χ2n) is 10.3. The van der Waals surface area contributed by atoms with Crippen molar-refractivity contribution >= 4 is 76.0 Å². The lowest BCUT2D eigenvalue weighted by Gasteiger charge is -2.12. The number of anilines is 2. The smallest absolute Gasteiger partial charge is 0.368 e. The van der Waals surface area contributed by atoms with Crippen LogP contribution < -0.4 is 31.6 Å². The number of benzene rings is 2. The summed E-state index contributed by atoms with van der Waals surface area (Å²) in [6.07, 6.45) is -0.167. The van der Waals surface area contributed by atoms with Crippen LogP contribution in [-0.4, -0.2) is 55.4 Å². The molecule has 0 fully saturated rings. The average Bonchev–Trinajstić information content (AvgIpc) is 3.01. The molecule has 0 radical (unpaired) electrons. The third-order valence-corrected chi connectivity index (χ3v) is 6.96. The maximum atomic E-state index is 11.7. The molecule has 15 nitrogen and oxygen atoms in total. The highest BCUT2D eigenvalue weighted by Crippen LogP contribution is 2.39. The van der Waals surface area contributed by atoms with E-state index in [-0.39, 0.29) is 79.1 Å². The molecule has 0 bridgehead atoms. The Kier molecular flexibility index (Phi) is 15.4. The van der Waals surface area contributed by atoms with E-state index in [0.717, 1.165) is 0 Å². The van der Waals surface area contributed by atoms with E-state index in [1.807, 2.05) is 27.7 Å². The van der Waals surface area contributed by atoms with Gasteiger partial charge in [0.2, 0.25) is 18.0 Å². The molecule has 0 saturated heterocycles. The number of aromatic nitrogens is 4. The molecule has 0 aliphatic carbocycles. The monoisotopic (exact) mass is 758 g/mol. The summed E-state index contributed by atoms with van der Waals surface area (Å²) < 4.78 is 11.1.